The Balaban J connectivity index is 1.74. The van der Waals surface area contributed by atoms with E-state index in [-0.39, 0.29) is 18.8 Å². The lowest BCUT2D eigenvalue weighted by molar-refractivity contribution is 0.0393. The maximum absolute atomic E-state index is 12.9. The quantitative estimate of drug-likeness (QED) is 0.435. The van der Waals surface area contributed by atoms with Crippen LogP contribution in [0.15, 0.2) is 42.5 Å². The third-order valence-electron chi connectivity index (χ3n) is 6.26. The van der Waals surface area contributed by atoms with Gasteiger partial charge in [-0.3, -0.25) is 0 Å². The molecular formula is C27H32FN3O3. The Morgan fingerprint density at radius 1 is 1.00 bits per heavy atom. The largest absolute Gasteiger partial charge is 0.497 e. The van der Waals surface area contributed by atoms with Gasteiger partial charge in [-0.25, -0.2) is 14.4 Å². The Labute approximate surface area is 200 Å². The first-order valence-corrected chi connectivity index (χ1v) is 11.8. The molecule has 6 nitrogen and oxygen atoms in total. The Morgan fingerprint density at radius 3 is 2.50 bits per heavy atom. The normalized spacial score (nSPS) is 16.9. The second kappa shape index (κ2) is 10.8. The standard InChI is InChI=1S/C27H32FN3O3/c1-5-21-25(20-12-11-18(32-3)16-23(20)33-4)29-22(6-2)27(30-21)31-26-19-10-8-7-9-17(19)15-24(26)34-14-13-28/h7-12,16,24,26H,5-6,13-15H2,1-4H3,(H,30,31)/t24-,26+/m0/s1. The van der Waals surface area contributed by atoms with E-state index in [1.54, 1.807) is 14.2 Å². The third kappa shape index (κ3) is 4.71. The molecule has 2 aromatic carbocycles. The number of alkyl halides is 1. The van der Waals surface area contributed by atoms with E-state index in [1.807, 2.05) is 30.3 Å². The van der Waals surface area contributed by atoms with Crippen molar-refractivity contribution >= 4 is 5.82 Å². The van der Waals surface area contributed by atoms with E-state index in [0.717, 1.165) is 46.2 Å². The summed E-state index contributed by atoms with van der Waals surface area (Å²) in [6.07, 6.45) is 1.99. The number of anilines is 1. The zero-order valence-electron chi connectivity index (χ0n) is 20.2. The highest BCUT2D eigenvalue weighted by atomic mass is 19.1. The van der Waals surface area contributed by atoms with Crippen LogP contribution in [0.2, 0.25) is 0 Å². The van der Waals surface area contributed by atoms with Crippen molar-refractivity contribution in [1.82, 2.24) is 9.97 Å². The Bertz CT molecular complexity index is 1140. The number of aryl methyl sites for hydroxylation is 2. The number of hydrogen-bond acceptors (Lipinski definition) is 6. The molecule has 0 bridgehead atoms. The van der Waals surface area contributed by atoms with E-state index in [0.29, 0.717) is 18.6 Å². The molecule has 0 radical (unpaired) electrons. The minimum Gasteiger partial charge on any atom is -0.497 e. The summed E-state index contributed by atoms with van der Waals surface area (Å²) >= 11 is 0. The molecule has 0 fully saturated rings. The van der Waals surface area contributed by atoms with E-state index in [1.165, 1.54) is 5.56 Å². The van der Waals surface area contributed by atoms with Gasteiger partial charge in [-0.05, 0) is 36.1 Å². The summed E-state index contributed by atoms with van der Waals surface area (Å²) < 4.78 is 29.7. The van der Waals surface area contributed by atoms with Crippen molar-refractivity contribution in [3.8, 4) is 22.8 Å². The number of ether oxygens (including phenoxy) is 3. The fourth-order valence-electron chi connectivity index (χ4n) is 4.55. The Kier molecular flexibility index (Phi) is 7.63. The molecule has 1 aliphatic carbocycles. The molecule has 0 saturated heterocycles. The smallest absolute Gasteiger partial charge is 0.148 e. The maximum atomic E-state index is 12.9. The third-order valence-corrected chi connectivity index (χ3v) is 6.26. The number of nitrogens with zero attached hydrogens (tertiary/aromatic N) is 2. The Morgan fingerprint density at radius 2 is 1.79 bits per heavy atom. The summed E-state index contributed by atoms with van der Waals surface area (Å²) in [7, 11) is 3.27. The summed E-state index contributed by atoms with van der Waals surface area (Å²) in [5.74, 6) is 2.15. The first-order valence-electron chi connectivity index (χ1n) is 11.8. The molecule has 1 aliphatic rings. The second-order valence-corrected chi connectivity index (χ2v) is 8.21. The number of rotatable bonds is 10. The average Bonchev–Trinajstić information content (AvgIpc) is 3.23. The Hall–Kier alpha value is -3.19. The highest BCUT2D eigenvalue weighted by molar-refractivity contribution is 5.71. The molecule has 3 aromatic rings. The van der Waals surface area contributed by atoms with Gasteiger partial charge in [0.25, 0.3) is 0 Å². The average molecular weight is 466 g/mol. The number of methoxy groups -OCH3 is 2. The van der Waals surface area contributed by atoms with Crippen molar-refractivity contribution in [2.24, 2.45) is 0 Å². The number of nitrogens with one attached hydrogen (secondary N) is 1. The summed E-state index contributed by atoms with van der Waals surface area (Å²) in [6.45, 7) is 3.71. The van der Waals surface area contributed by atoms with Gasteiger partial charge in [0.1, 0.15) is 24.0 Å². The lowest BCUT2D eigenvalue weighted by Crippen LogP contribution is -2.27. The fourth-order valence-corrected chi connectivity index (χ4v) is 4.55. The lowest BCUT2D eigenvalue weighted by atomic mass is 10.1. The van der Waals surface area contributed by atoms with Crippen molar-refractivity contribution in [3.05, 3.63) is 65.0 Å². The van der Waals surface area contributed by atoms with Crippen molar-refractivity contribution in [2.75, 3.05) is 32.8 Å². The zero-order chi connectivity index (χ0) is 24.1. The molecule has 0 spiro atoms. The molecule has 34 heavy (non-hydrogen) atoms. The van der Waals surface area contributed by atoms with Crippen LogP contribution < -0.4 is 14.8 Å². The minimum absolute atomic E-state index is 0.0829. The van der Waals surface area contributed by atoms with Gasteiger partial charge in [0.2, 0.25) is 0 Å². The molecule has 0 amide bonds. The van der Waals surface area contributed by atoms with Crippen LogP contribution in [0.5, 0.6) is 11.5 Å². The highest BCUT2D eigenvalue weighted by Gasteiger charge is 2.34. The van der Waals surface area contributed by atoms with Gasteiger partial charge in [-0.15, -0.1) is 0 Å². The number of benzene rings is 2. The topological polar surface area (TPSA) is 65.5 Å². The van der Waals surface area contributed by atoms with E-state index >= 15 is 0 Å². The van der Waals surface area contributed by atoms with Crippen LogP contribution in [-0.4, -0.2) is 43.6 Å². The van der Waals surface area contributed by atoms with Gasteiger partial charge < -0.3 is 19.5 Å². The van der Waals surface area contributed by atoms with Gasteiger partial charge in [-0.2, -0.15) is 0 Å². The summed E-state index contributed by atoms with van der Waals surface area (Å²) in [5, 5.41) is 3.60. The number of fused-ring (bicyclic) bond motifs is 1. The van der Waals surface area contributed by atoms with Crippen LogP contribution in [0.3, 0.4) is 0 Å². The summed E-state index contributed by atoms with van der Waals surface area (Å²) in [6, 6.07) is 13.9. The van der Waals surface area contributed by atoms with Crippen molar-refractivity contribution in [2.45, 2.75) is 45.3 Å². The monoisotopic (exact) mass is 465 g/mol. The minimum atomic E-state index is -0.502. The molecule has 0 saturated carbocycles. The van der Waals surface area contributed by atoms with Crippen molar-refractivity contribution in [1.29, 1.82) is 0 Å². The SMILES string of the molecule is CCc1nc(-c2ccc(OC)cc2OC)c(CC)nc1N[C@@H]1c2ccccc2C[C@@H]1OCCF. The molecule has 4 rings (SSSR count). The predicted molar refractivity (Wildman–Crippen MR) is 132 cm³/mol. The molecular weight excluding hydrogens is 433 g/mol. The van der Waals surface area contributed by atoms with E-state index < -0.39 is 6.67 Å². The van der Waals surface area contributed by atoms with Crippen LogP contribution in [-0.2, 0) is 24.0 Å². The molecule has 1 N–H and O–H groups in total. The van der Waals surface area contributed by atoms with E-state index in [4.69, 9.17) is 24.2 Å². The predicted octanol–water partition coefficient (Wildman–Crippen LogP) is 5.35. The molecule has 0 unspecified atom stereocenters. The van der Waals surface area contributed by atoms with Gasteiger partial charge in [0.15, 0.2) is 0 Å². The first-order chi connectivity index (χ1) is 16.6. The maximum Gasteiger partial charge on any atom is 0.148 e. The molecule has 1 aromatic heterocycles. The van der Waals surface area contributed by atoms with Crippen molar-refractivity contribution < 1.29 is 18.6 Å². The van der Waals surface area contributed by atoms with Gasteiger partial charge in [0.05, 0.1) is 50.1 Å². The molecule has 180 valence electrons. The first kappa shape index (κ1) is 24.0. The van der Waals surface area contributed by atoms with Crippen LogP contribution in [0.4, 0.5) is 10.2 Å². The van der Waals surface area contributed by atoms with E-state index in [2.05, 4.69) is 31.3 Å². The van der Waals surface area contributed by atoms with Crippen LogP contribution in [0, 0.1) is 0 Å². The van der Waals surface area contributed by atoms with Gasteiger partial charge in [-0.1, -0.05) is 38.1 Å². The van der Waals surface area contributed by atoms with Crippen LogP contribution in [0.25, 0.3) is 11.3 Å². The van der Waals surface area contributed by atoms with Crippen LogP contribution in [0.1, 0.15) is 42.4 Å². The van der Waals surface area contributed by atoms with Gasteiger partial charge in [0, 0.05) is 18.1 Å². The molecule has 0 aliphatic heterocycles. The number of aromatic nitrogens is 2. The molecule has 1 heterocycles. The van der Waals surface area contributed by atoms with E-state index in [9.17, 15) is 4.39 Å². The lowest BCUT2D eigenvalue weighted by Gasteiger charge is -2.24. The van der Waals surface area contributed by atoms with Crippen molar-refractivity contribution in [3.63, 3.8) is 0 Å². The summed E-state index contributed by atoms with van der Waals surface area (Å²) in [5.41, 5.74) is 5.79. The highest BCUT2D eigenvalue weighted by Crippen LogP contribution is 2.38. The number of hydrogen-bond donors (Lipinski definition) is 1. The molecule has 2 atom stereocenters. The van der Waals surface area contributed by atoms with Gasteiger partial charge >= 0.3 is 0 Å². The van der Waals surface area contributed by atoms with Crippen LogP contribution >= 0.6 is 0 Å². The zero-order valence-corrected chi connectivity index (χ0v) is 20.2. The summed E-state index contributed by atoms with van der Waals surface area (Å²) in [4.78, 5) is 10.1. The fraction of sp³-hybridized carbons (Fsp3) is 0.407. The number of halogens is 1. The molecule has 7 heteroatoms. The second-order valence-electron chi connectivity index (χ2n) is 8.21.